The maximum absolute atomic E-state index is 8.56. The Morgan fingerprint density at radius 1 is 1.04 bits per heavy atom. The van der Waals surface area contributed by atoms with Crippen LogP contribution in [0.1, 0.15) is 25.8 Å². The zero-order valence-corrected chi connectivity index (χ0v) is 13.6. The minimum absolute atomic E-state index is 0.268. The second-order valence-corrected chi connectivity index (χ2v) is 5.19. The van der Waals surface area contributed by atoms with Gasteiger partial charge in [-0.25, -0.2) is 4.79 Å². The zero-order chi connectivity index (χ0) is 17.1. The average molecular weight is 316 g/mol. The van der Waals surface area contributed by atoms with E-state index in [0.29, 0.717) is 0 Å². The molecule has 0 saturated heterocycles. The van der Waals surface area contributed by atoms with Crippen molar-refractivity contribution in [2.45, 2.75) is 32.8 Å². The van der Waals surface area contributed by atoms with Crippen molar-refractivity contribution in [3.05, 3.63) is 60.2 Å². The number of carboxylic acid groups (broad SMARTS) is 2. The lowest BCUT2D eigenvalue weighted by molar-refractivity contribution is 0.0670. The Morgan fingerprint density at radius 3 is 2.22 bits per heavy atom. The van der Waals surface area contributed by atoms with Gasteiger partial charge in [-0.1, -0.05) is 61.5 Å². The predicted molar refractivity (Wildman–Crippen MR) is 91.9 cm³/mol. The molecule has 0 heterocycles. The first kappa shape index (κ1) is 18.7. The highest BCUT2D eigenvalue weighted by molar-refractivity contribution is 5.67. The summed E-state index contributed by atoms with van der Waals surface area (Å²) in [5, 5.41) is 13.9. The summed E-state index contributed by atoms with van der Waals surface area (Å²) in [4.78, 5) is 8.56. The molecule has 2 aromatic rings. The predicted octanol–water partition coefficient (Wildman–Crippen LogP) is 4.93. The third-order valence-corrected chi connectivity index (χ3v) is 3.22. The lowest BCUT2D eigenvalue weighted by Gasteiger charge is -2.15. The Kier molecular flexibility index (Phi) is 8.47. The van der Waals surface area contributed by atoms with Crippen LogP contribution in [-0.2, 0) is 11.2 Å². The molecule has 0 bridgehead atoms. The number of rotatable bonds is 6. The molecule has 0 aliphatic heterocycles. The molecule has 0 saturated carbocycles. The molecule has 0 aliphatic carbocycles. The molecule has 0 radical (unpaired) electrons. The van der Waals surface area contributed by atoms with E-state index in [1.54, 1.807) is 0 Å². The van der Waals surface area contributed by atoms with Crippen LogP contribution in [0, 0.1) is 0 Å². The number of carbonyl (C=O) groups is 1. The molecule has 4 nitrogen and oxygen atoms in total. The van der Waals surface area contributed by atoms with E-state index >= 15 is 0 Å². The van der Waals surface area contributed by atoms with Crippen LogP contribution in [0.25, 0.3) is 11.1 Å². The standard InChI is InChI=1S/C18H22O.CH2O3/c1-3-13-19-15(2)14-17-11-7-8-12-18(17)16-9-5-4-6-10-16;2-1(3)4/h4-12,15H,3,13-14H2,1-2H3;(H2,2,3,4). The maximum Gasteiger partial charge on any atom is 0.503 e. The van der Waals surface area contributed by atoms with E-state index in [1.807, 2.05) is 0 Å². The molecule has 0 aromatic heterocycles. The first-order valence-corrected chi connectivity index (χ1v) is 7.71. The van der Waals surface area contributed by atoms with Crippen molar-refractivity contribution in [3.8, 4) is 11.1 Å². The van der Waals surface area contributed by atoms with Gasteiger partial charge in [-0.2, -0.15) is 0 Å². The summed E-state index contributed by atoms with van der Waals surface area (Å²) in [6, 6.07) is 19.2. The SMILES string of the molecule is CCCOC(C)Cc1ccccc1-c1ccccc1.O=C(O)O. The molecule has 2 rings (SSSR count). The van der Waals surface area contributed by atoms with E-state index in [-0.39, 0.29) is 6.10 Å². The van der Waals surface area contributed by atoms with Crippen molar-refractivity contribution in [2.75, 3.05) is 6.61 Å². The van der Waals surface area contributed by atoms with Gasteiger partial charge >= 0.3 is 6.16 Å². The van der Waals surface area contributed by atoms with Gasteiger partial charge in [0.2, 0.25) is 0 Å². The summed E-state index contributed by atoms with van der Waals surface area (Å²) in [6.07, 6.45) is 0.472. The third-order valence-electron chi connectivity index (χ3n) is 3.22. The van der Waals surface area contributed by atoms with Crippen LogP contribution in [0.4, 0.5) is 4.79 Å². The molecule has 1 unspecified atom stereocenters. The first-order valence-electron chi connectivity index (χ1n) is 7.71. The largest absolute Gasteiger partial charge is 0.503 e. The third kappa shape index (κ3) is 7.47. The van der Waals surface area contributed by atoms with E-state index in [2.05, 4.69) is 68.4 Å². The Hall–Kier alpha value is -2.33. The van der Waals surface area contributed by atoms with Gasteiger partial charge in [0.25, 0.3) is 0 Å². The molecule has 0 aliphatic rings. The van der Waals surface area contributed by atoms with E-state index in [9.17, 15) is 0 Å². The van der Waals surface area contributed by atoms with Crippen LogP contribution in [0.5, 0.6) is 0 Å². The molecule has 2 N–H and O–H groups in total. The average Bonchev–Trinajstić information content (AvgIpc) is 2.54. The van der Waals surface area contributed by atoms with Gasteiger partial charge in [0.15, 0.2) is 0 Å². The minimum atomic E-state index is -1.83. The molecule has 0 spiro atoms. The van der Waals surface area contributed by atoms with Crippen molar-refractivity contribution < 1.29 is 19.7 Å². The summed E-state index contributed by atoms with van der Waals surface area (Å²) < 4.78 is 5.79. The zero-order valence-electron chi connectivity index (χ0n) is 13.6. The van der Waals surface area contributed by atoms with Crippen molar-refractivity contribution in [1.82, 2.24) is 0 Å². The van der Waals surface area contributed by atoms with Gasteiger partial charge in [0.1, 0.15) is 0 Å². The highest BCUT2D eigenvalue weighted by Gasteiger charge is 2.08. The summed E-state index contributed by atoms with van der Waals surface area (Å²) >= 11 is 0. The summed E-state index contributed by atoms with van der Waals surface area (Å²) in [6.45, 7) is 5.14. The Bertz CT molecular complexity index is 577. The van der Waals surface area contributed by atoms with Crippen molar-refractivity contribution in [2.24, 2.45) is 0 Å². The molecule has 1 atom stereocenters. The monoisotopic (exact) mass is 316 g/mol. The van der Waals surface area contributed by atoms with Gasteiger partial charge in [0, 0.05) is 6.61 Å². The Labute approximate surface area is 137 Å². The molecule has 4 heteroatoms. The second-order valence-electron chi connectivity index (χ2n) is 5.19. The quantitative estimate of drug-likeness (QED) is 0.792. The molecular formula is C19H24O4. The Morgan fingerprint density at radius 2 is 1.61 bits per heavy atom. The van der Waals surface area contributed by atoms with Crippen LogP contribution in [0.3, 0.4) is 0 Å². The van der Waals surface area contributed by atoms with Gasteiger partial charge in [-0.3, -0.25) is 0 Å². The molecule has 2 aromatic carbocycles. The van der Waals surface area contributed by atoms with Gasteiger partial charge in [-0.15, -0.1) is 0 Å². The smallest absolute Gasteiger partial charge is 0.450 e. The molecular weight excluding hydrogens is 292 g/mol. The number of ether oxygens (including phenoxy) is 1. The van der Waals surface area contributed by atoms with E-state index in [0.717, 1.165) is 19.4 Å². The minimum Gasteiger partial charge on any atom is -0.450 e. The maximum atomic E-state index is 8.56. The molecule has 23 heavy (non-hydrogen) atoms. The molecule has 124 valence electrons. The van der Waals surface area contributed by atoms with E-state index < -0.39 is 6.16 Å². The van der Waals surface area contributed by atoms with Crippen molar-refractivity contribution in [1.29, 1.82) is 0 Å². The normalized spacial score (nSPS) is 11.2. The number of benzene rings is 2. The lowest BCUT2D eigenvalue weighted by Crippen LogP contribution is -2.12. The van der Waals surface area contributed by atoms with Crippen LogP contribution in [0.15, 0.2) is 54.6 Å². The first-order chi connectivity index (χ1) is 11.0. The van der Waals surface area contributed by atoms with Crippen molar-refractivity contribution in [3.63, 3.8) is 0 Å². The second kappa shape index (κ2) is 10.4. The summed E-state index contributed by atoms with van der Waals surface area (Å²) in [5.74, 6) is 0. The van der Waals surface area contributed by atoms with E-state index in [1.165, 1.54) is 16.7 Å². The topological polar surface area (TPSA) is 66.8 Å². The van der Waals surface area contributed by atoms with Gasteiger partial charge in [0.05, 0.1) is 6.10 Å². The van der Waals surface area contributed by atoms with Gasteiger partial charge < -0.3 is 14.9 Å². The van der Waals surface area contributed by atoms with Crippen molar-refractivity contribution >= 4 is 6.16 Å². The fourth-order valence-corrected chi connectivity index (χ4v) is 2.29. The number of hydrogen-bond acceptors (Lipinski definition) is 2. The lowest BCUT2D eigenvalue weighted by atomic mass is 9.96. The Balaban J connectivity index is 0.000000593. The summed E-state index contributed by atoms with van der Waals surface area (Å²) in [7, 11) is 0. The van der Waals surface area contributed by atoms with Crippen LogP contribution >= 0.6 is 0 Å². The van der Waals surface area contributed by atoms with Crippen LogP contribution < -0.4 is 0 Å². The summed E-state index contributed by atoms with van der Waals surface area (Å²) in [5.41, 5.74) is 3.95. The molecule has 0 fully saturated rings. The highest BCUT2D eigenvalue weighted by atomic mass is 16.6. The van der Waals surface area contributed by atoms with E-state index in [4.69, 9.17) is 19.7 Å². The number of hydrogen-bond donors (Lipinski definition) is 2. The fourth-order valence-electron chi connectivity index (χ4n) is 2.29. The van der Waals surface area contributed by atoms with Gasteiger partial charge in [-0.05, 0) is 36.5 Å². The molecule has 0 amide bonds. The highest BCUT2D eigenvalue weighted by Crippen LogP contribution is 2.24. The van der Waals surface area contributed by atoms with Crippen LogP contribution in [0.2, 0.25) is 0 Å². The fraction of sp³-hybridized carbons (Fsp3) is 0.316. The van der Waals surface area contributed by atoms with Crippen LogP contribution in [-0.4, -0.2) is 29.1 Å².